The Labute approximate surface area is 136 Å². The first-order chi connectivity index (χ1) is 11.5. The minimum absolute atomic E-state index is 0.0372. The van der Waals surface area contributed by atoms with Crippen LogP contribution in [-0.2, 0) is 11.3 Å². The molecule has 24 heavy (non-hydrogen) atoms. The molecule has 2 aromatic rings. The molecule has 0 aromatic heterocycles. The van der Waals surface area contributed by atoms with Crippen molar-refractivity contribution in [3.8, 4) is 5.75 Å². The molecule has 1 N–H and O–H groups in total. The molecule has 1 amide bonds. The summed E-state index contributed by atoms with van der Waals surface area (Å²) in [5, 5.41) is 20.1. The van der Waals surface area contributed by atoms with Gasteiger partial charge in [0.25, 0.3) is 11.6 Å². The van der Waals surface area contributed by atoms with Gasteiger partial charge in [-0.05, 0) is 17.7 Å². The molecule has 0 spiro atoms. The summed E-state index contributed by atoms with van der Waals surface area (Å²) < 4.78 is 5.26. The Morgan fingerprint density at radius 1 is 1.29 bits per heavy atom. The third-order valence-corrected chi connectivity index (χ3v) is 3.67. The summed E-state index contributed by atoms with van der Waals surface area (Å²) in [5.41, 5.74) is 0.788. The third kappa shape index (κ3) is 2.76. The van der Waals surface area contributed by atoms with Crippen LogP contribution in [-0.4, -0.2) is 28.5 Å². The van der Waals surface area contributed by atoms with Crippen molar-refractivity contribution in [1.82, 2.24) is 0 Å². The van der Waals surface area contributed by atoms with E-state index in [0.717, 1.165) is 0 Å². The summed E-state index contributed by atoms with van der Waals surface area (Å²) in [6.07, 6.45) is 0. The monoisotopic (exact) mass is 328 g/mol. The molecule has 0 atom stereocenters. The zero-order chi connectivity index (χ0) is 17.3. The SMILES string of the molecule is O=C(O)c1ccccc1CN1C(=O)COc2cc([N+](=O)[O-])ccc21. The number of carbonyl (C=O) groups excluding carboxylic acids is 1. The minimum atomic E-state index is -1.09. The van der Waals surface area contributed by atoms with Crippen LogP contribution in [0.1, 0.15) is 15.9 Å². The number of carboxylic acids is 1. The van der Waals surface area contributed by atoms with Crippen molar-refractivity contribution in [3.05, 3.63) is 63.7 Å². The lowest BCUT2D eigenvalue weighted by Crippen LogP contribution is -2.38. The van der Waals surface area contributed by atoms with Crippen LogP contribution in [0.2, 0.25) is 0 Å². The van der Waals surface area contributed by atoms with E-state index in [9.17, 15) is 24.8 Å². The van der Waals surface area contributed by atoms with Crippen LogP contribution in [0, 0.1) is 10.1 Å². The van der Waals surface area contributed by atoms with E-state index in [1.807, 2.05) is 0 Å². The van der Waals surface area contributed by atoms with Crippen molar-refractivity contribution in [3.63, 3.8) is 0 Å². The second-order valence-corrected chi connectivity index (χ2v) is 5.14. The zero-order valence-electron chi connectivity index (χ0n) is 12.3. The maximum absolute atomic E-state index is 12.2. The molecular formula is C16H12N2O6. The molecule has 0 saturated heterocycles. The second kappa shape index (κ2) is 5.99. The van der Waals surface area contributed by atoms with Gasteiger partial charge in [0, 0.05) is 6.07 Å². The number of rotatable bonds is 4. The summed E-state index contributed by atoms with van der Waals surface area (Å²) in [6, 6.07) is 10.3. The minimum Gasteiger partial charge on any atom is -0.481 e. The molecule has 0 fully saturated rings. The van der Waals surface area contributed by atoms with Crippen LogP contribution in [0.25, 0.3) is 0 Å². The summed E-state index contributed by atoms with van der Waals surface area (Å²) in [7, 11) is 0. The molecule has 2 aromatic carbocycles. The number of non-ortho nitro benzene ring substituents is 1. The van der Waals surface area contributed by atoms with Crippen LogP contribution >= 0.6 is 0 Å². The highest BCUT2D eigenvalue weighted by Gasteiger charge is 2.28. The standard InChI is InChI=1S/C16H12N2O6/c19-15-9-24-14-7-11(18(22)23)5-6-13(14)17(15)8-10-3-1-2-4-12(10)16(20)21/h1-7H,8-9H2,(H,20,21). The Morgan fingerprint density at radius 3 is 2.75 bits per heavy atom. The number of carbonyl (C=O) groups is 2. The molecule has 3 rings (SSSR count). The maximum atomic E-state index is 12.2. The number of nitro groups is 1. The van der Waals surface area contributed by atoms with Gasteiger partial charge in [-0.3, -0.25) is 14.9 Å². The highest BCUT2D eigenvalue weighted by atomic mass is 16.6. The summed E-state index contributed by atoms with van der Waals surface area (Å²) in [5.74, 6) is -1.22. The average molecular weight is 328 g/mol. The Morgan fingerprint density at radius 2 is 2.04 bits per heavy atom. The first-order valence-corrected chi connectivity index (χ1v) is 7.00. The summed E-state index contributed by atoms with van der Waals surface area (Å²) in [6.45, 7) is -0.223. The number of hydrogen-bond acceptors (Lipinski definition) is 5. The molecule has 0 saturated carbocycles. The Kier molecular flexibility index (Phi) is 3.87. The fraction of sp³-hybridized carbons (Fsp3) is 0.125. The summed E-state index contributed by atoms with van der Waals surface area (Å²) in [4.78, 5) is 35.1. The smallest absolute Gasteiger partial charge is 0.336 e. The normalized spacial score (nSPS) is 13.2. The number of aromatic carboxylic acids is 1. The first kappa shape index (κ1) is 15.5. The molecule has 8 heteroatoms. The number of anilines is 1. The van der Waals surface area contributed by atoms with Crippen LogP contribution in [0.3, 0.4) is 0 Å². The van der Waals surface area contributed by atoms with Crippen molar-refractivity contribution in [2.24, 2.45) is 0 Å². The number of fused-ring (bicyclic) bond motifs is 1. The number of hydrogen-bond donors (Lipinski definition) is 1. The van der Waals surface area contributed by atoms with Gasteiger partial charge in [-0.2, -0.15) is 0 Å². The first-order valence-electron chi connectivity index (χ1n) is 7.00. The molecule has 1 heterocycles. The number of benzene rings is 2. The van der Waals surface area contributed by atoms with Crippen molar-refractivity contribution >= 4 is 23.3 Å². The van der Waals surface area contributed by atoms with Crippen LogP contribution < -0.4 is 9.64 Å². The van der Waals surface area contributed by atoms with Gasteiger partial charge in [0.1, 0.15) is 0 Å². The van der Waals surface area contributed by atoms with E-state index in [0.29, 0.717) is 11.3 Å². The number of carboxylic acid groups (broad SMARTS) is 1. The molecule has 0 radical (unpaired) electrons. The number of amides is 1. The van der Waals surface area contributed by atoms with Gasteiger partial charge in [0.15, 0.2) is 12.4 Å². The number of nitrogens with zero attached hydrogens (tertiary/aromatic N) is 2. The van der Waals surface area contributed by atoms with E-state index in [4.69, 9.17) is 4.74 Å². The largest absolute Gasteiger partial charge is 0.481 e. The van der Waals surface area contributed by atoms with Crippen molar-refractivity contribution in [2.75, 3.05) is 11.5 Å². The fourth-order valence-corrected chi connectivity index (χ4v) is 2.52. The lowest BCUT2D eigenvalue weighted by atomic mass is 10.1. The van der Waals surface area contributed by atoms with Gasteiger partial charge >= 0.3 is 5.97 Å². The van der Waals surface area contributed by atoms with Gasteiger partial charge < -0.3 is 14.7 Å². The third-order valence-electron chi connectivity index (χ3n) is 3.67. The van der Waals surface area contributed by atoms with E-state index in [-0.39, 0.29) is 36.1 Å². The van der Waals surface area contributed by atoms with E-state index in [2.05, 4.69) is 0 Å². The van der Waals surface area contributed by atoms with E-state index in [1.54, 1.807) is 18.2 Å². The van der Waals surface area contributed by atoms with Crippen LogP contribution in [0.5, 0.6) is 5.75 Å². The van der Waals surface area contributed by atoms with Crippen molar-refractivity contribution in [2.45, 2.75) is 6.54 Å². The molecule has 0 unspecified atom stereocenters. The quantitative estimate of drug-likeness (QED) is 0.680. The average Bonchev–Trinajstić information content (AvgIpc) is 2.57. The van der Waals surface area contributed by atoms with Crippen molar-refractivity contribution < 1.29 is 24.4 Å². The molecule has 0 bridgehead atoms. The van der Waals surface area contributed by atoms with Gasteiger partial charge in [-0.1, -0.05) is 18.2 Å². The topological polar surface area (TPSA) is 110 Å². The van der Waals surface area contributed by atoms with Gasteiger partial charge in [0.05, 0.1) is 28.8 Å². The van der Waals surface area contributed by atoms with Crippen molar-refractivity contribution in [1.29, 1.82) is 0 Å². The molecule has 0 aliphatic carbocycles. The Balaban J connectivity index is 1.99. The molecule has 1 aliphatic rings. The van der Waals surface area contributed by atoms with Crippen LogP contribution in [0.4, 0.5) is 11.4 Å². The number of ether oxygens (including phenoxy) is 1. The lowest BCUT2D eigenvalue weighted by Gasteiger charge is -2.29. The van der Waals surface area contributed by atoms with E-state index < -0.39 is 10.9 Å². The Hall–Kier alpha value is -3.42. The highest BCUT2D eigenvalue weighted by molar-refractivity contribution is 5.98. The fourth-order valence-electron chi connectivity index (χ4n) is 2.52. The lowest BCUT2D eigenvalue weighted by molar-refractivity contribution is -0.384. The maximum Gasteiger partial charge on any atom is 0.336 e. The molecule has 8 nitrogen and oxygen atoms in total. The van der Waals surface area contributed by atoms with Crippen LogP contribution in [0.15, 0.2) is 42.5 Å². The zero-order valence-corrected chi connectivity index (χ0v) is 12.3. The molecular weight excluding hydrogens is 316 g/mol. The predicted molar refractivity (Wildman–Crippen MR) is 83.2 cm³/mol. The second-order valence-electron chi connectivity index (χ2n) is 5.14. The molecule has 1 aliphatic heterocycles. The van der Waals surface area contributed by atoms with Gasteiger partial charge in [-0.25, -0.2) is 4.79 Å². The van der Waals surface area contributed by atoms with E-state index in [1.165, 1.54) is 29.2 Å². The molecule has 122 valence electrons. The predicted octanol–water partition coefficient (Wildman–Crippen LogP) is 2.22. The van der Waals surface area contributed by atoms with Gasteiger partial charge in [0.2, 0.25) is 0 Å². The summed E-state index contributed by atoms with van der Waals surface area (Å²) >= 11 is 0. The number of nitro benzene ring substituents is 1. The van der Waals surface area contributed by atoms with E-state index >= 15 is 0 Å². The highest BCUT2D eigenvalue weighted by Crippen LogP contribution is 2.36. The Bertz CT molecular complexity index is 848. The van der Waals surface area contributed by atoms with Gasteiger partial charge in [-0.15, -0.1) is 0 Å².